The maximum Gasteiger partial charge on any atom is 0.407 e. The Morgan fingerprint density at radius 2 is 1.34 bits per heavy atom. The summed E-state index contributed by atoms with van der Waals surface area (Å²) in [5.74, 6) is -5.63. The first kappa shape index (κ1) is 57.8. The van der Waals surface area contributed by atoms with Crippen LogP contribution in [0.5, 0.6) is 0 Å². The van der Waals surface area contributed by atoms with E-state index in [0.717, 1.165) is 0 Å². The van der Waals surface area contributed by atoms with E-state index in [4.69, 9.17) is 44.8 Å². The highest BCUT2D eigenvalue weighted by atomic mass is 35.5. The third kappa shape index (κ3) is 20.6. The van der Waals surface area contributed by atoms with Crippen LogP contribution in [0.25, 0.3) is 0 Å². The molecule has 2 aromatic rings. The Morgan fingerprint density at radius 3 is 1.91 bits per heavy atom. The molecule has 0 saturated carbocycles. The standard InChI is InChI=1S/C44H68ClN5O18/c1-43(2,3)68-42(61)48-14-17-63-19-21-65-23-22-64-20-18-62-16-13-47-36-35(38(57)39(36)58)46-12-6-4-5-7-15-66-44(41(59)60)25-30(52)34(50-33(55)27-51)40(67-44)37(56)31(53)26-49-32(54)24-28-8-10-29(45)11-9-28/h8-11,30-31,34,37,40,46-47,51-53,56H,4-7,12-27H2,1-3H3,(H,48,61)(H,49,54)(H,50,55)(H,59,60)/t30-,31+,34+,37+,40+,44+/m0/s1. The second-order valence-electron chi connectivity index (χ2n) is 16.7. The van der Waals surface area contributed by atoms with Crippen molar-refractivity contribution in [2.75, 3.05) is 103 Å². The number of aliphatic hydroxyl groups is 4. The number of alkyl carbamates (subject to hydrolysis) is 1. The lowest BCUT2D eigenvalue weighted by molar-refractivity contribution is -0.310. The van der Waals surface area contributed by atoms with Crippen LogP contribution in [-0.4, -0.2) is 184 Å². The number of anilines is 2. The number of carbonyl (C=O) groups excluding carboxylic acids is 3. The Morgan fingerprint density at radius 1 is 0.779 bits per heavy atom. The number of amides is 3. The van der Waals surface area contributed by atoms with Gasteiger partial charge in [0.15, 0.2) is 0 Å². The minimum absolute atomic E-state index is 0.0764. The molecule has 0 radical (unpaired) electrons. The summed E-state index contributed by atoms with van der Waals surface area (Å²) in [5.41, 5.74) is -0.867. The van der Waals surface area contributed by atoms with Crippen molar-refractivity contribution in [1.82, 2.24) is 16.0 Å². The highest BCUT2D eigenvalue weighted by Crippen LogP contribution is 2.34. The van der Waals surface area contributed by atoms with Crippen LogP contribution in [0.3, 0.4) is 0 Å². The van der Waals surface area contributed by atoms with Gasteiger partial charge in [-0.3, -0.25) is 19.2 Å². The molecule has 0 aliphatic carbocycles. The van der Waals surface area contributed by atoms with Gasteiger partial charge in [-0.05, 0) is 51.3 Å². The first-order valence-corrected chi connectivity index (χ1v) is 22.8. The van der Waals surface area contributed by atoms with Crippen molar-refractivity contribution in [2.45, 2.75) is 101 Å². The second-order valence-corrected chi connectivity index (χ2v) is 17.2. The van der Waals surface area contributed by atoms with E-state index in [1.54, 1.807) is 45.0 Å². The van der Waals surface area contributed by atoms with E-state index < -0.39 is 96.2 Å². The number of rotatable bonds is 34. The highest BCUT2D eigenvalue weighted by molar-refractivity contribution is 6.30. The molecule has 0 aromatic heterocycles. The SMILES string of the molecule is CC(C)(C)OC(=O)NCCOCCOCCOCCOCCNc1c(NCCCCCCO[C@]2(C(=O)O)C[C@H](O)[C@@H](NC(=O)CO)[C@H]([C@H](O)[C@H](O)CNC(=O)Cc3ccc(Cl)cc3)O2)c(=O)c1=O. The number of hydrogen-bond donors (Lipinski definition) is 10. The van der Waals surface area contributed by atoms with Crippen molar-refractivity contribution < 1.29 is 77.9 Å². The van der Waals surface area contributed by atoms with Gasteiger partial charge in [0, 0.05) is 37.6 Å². The average molecular weight is 990 g/mol. The lowest BCUT2D eigenvalue weighted by Crippen LogP contribution is -2.68. The molecule has 3 rings (SSSR count). The minimum atomic E-state index is -2.50. The summed E-state index contributed by atoms with van der Waals surface area (Å²) in [4.78, 5) is 73.1. The zero-order chi connectivity index (χ0) is 50.1. The average Bonchev–Trinajstić information content (AvgIpc) is 3.29. The van der Waals surface area contributed by atoms with Gasteiger partial charge in [-0.15, -0.1) is 0 Å². The number of carboxylic acid groups (broad SMARTS) is 1. The number of benzene rings is 1. The van der Waals surface area contributed by atoms with Gasteiger partial charge >= 0.3 is 12.1 Å². The summed E-state index contributed by atoms with van der Waals surface area (Å²) in [6, 6.07) is 4.99. The van der Waals surface area contributed by atoms with Gasteiger partial charge in [0.05, 0.1) is 84.1 Å². The number of carbonyl (C=O) groups is 4. The summed E-state index contributed by atoms with van der Waals surface area (Å²) in [5, 5.41) is 66.2. The molecule has 0 spiro atoms. The number of unbranched alkanes of at least 4 members (excludes halogenated alkanes) is 3. The number of aliphatic hydroxyl groups excluding tert-OH is 4. The molecule has 384 valence electrons. The van der Waals surface area contributed by atoms with Gasteiger partial charge in [0.1, 0.15) is 35.8 Å². The number of hydrogen-bond acceptors (Lipinski definition) is 19. The van der Waals surface area contributed by atoms with Gasteiger partial charge in [-0.2, -0.15) is 0 Å². The molecular formula is C44H68ClN5O18. The smallest absolute Gasteiger partial charge is 0.407 e. The minimum Gasteiger partial charge on any atom is -0.477 e. The topological polar surface area (TPSA) is 328 Å². The molecule has 1 saturated heterocycles. The van der Waals surface area contributed by atoms with Crippen LogP contribution in [0, 0.1) is 0 Å². The van der Waals surface area contributed by atoms with Gasteiger partial charge in [-0.25, -0.2) is 9.59 Å². The summed E-state index contributed by atoms with van der Waals surface area (Å²) < 4.78 is 38.4. The fraction of sp³-hybridized carbons (Fsp3) is 0.682. The van der Waals surface area contributed by atoms with Gasteiger partial charge in [-0.1, -0.05) is 36.6 Å². The molecule has 1 fully saturated rings. The Bertz CT molecular complexity index is 1910. The van der Waals surface area contributed by atoms with E-state index >= 15 is 0 Å². The van der Waals surface area contributed by atoms with Crippen LogP contribution in [0.4, 0.5) is 16.2 Å². The zero-order valence-electron chi connectivity index (χ0n) is 38.8. The molecule has 1 aliphatic rings. The second kappa shape index (κ2) is 30.2. The van der Waals surface area contributed by atoms with Crippen molar-refractivity contribution in [1.29, 1.82) is 0 Å². The molecular weight excluding hydrogens is 922 g/mol. The molecule has 10 N–H and O–H groups in total. The first-order chi connectivity index (χ1) is 32.4. The first-order valence-electron chi connectivity index (χ1n) is 22.5. The Balaban J connectivity index is 1.30. The number of nitrogens with one attached hydrogen (secondary N) is 5. The van der Waals surface area contributed by atoms with Crippen LogP contribution < -0.4 is 37.4 Å². The molecule has 1 aliphatic heterocycles. The van der Waals surface area contributed by atoms with Gasteiger partial charge < -0.3 is 85.3 Å². The zero-order valence-corrected chi connectivity index (χ0v) is 39.5. The van der Waals surface area contributed by atoms with Crippen LogP contribution in [0.1, 0.15) is 58.4 Å². The molecule has 6 atom stereocenters. The van der Waals surface area contributed by atoms with Gasteiger partial charge in [0.25, 0.3) is 16.6 Å². The summed E-state index contributed by atoms with van der Waals surface area (Å²) in [6.45, 7) is 7.27. The normalized spacial score (nSPS) is 19.2. The predicted octanol–water partition coefficient (Wildman–Crippen LogP) is -0.584. The lowest BCUT2D eigenvalue weighted by atomic mass is 9.88. The summed E-state index contributed by atoms with van der Waals surface area (Å²) in [7, 11) is 0. The van der Waals surface area contributed by atoms with E-state index in [1.165, 1.54) is 0 Å². The van der Waals surface area contributed by atoms with Gasteiger partial charge in [0.2, 0.25) is 11.8 Å². The third-order valence-electron chi connectivity index (χ3n) is 10.1. The highest BCUT2D eigenvalue weighted by Gasteiger charge is 2.55. The fourth-order valence-electron chi connectivity index (χ4n) is 6.66. The molecule has 68 heavy (non-hydrogen) atoms. The largest absolute Gasteiger partial charge is 0.477 e. The molecule has 24 heteroatoms. The van der Waals surface area contributed by atoms with E-state index in [-0.39, 0.29) is 37.6 Å². The maximum atomic E-state index is 12.6. The molecule has 23 nitrogen and oxygen atoms in total. The number of halogens is 1. The van der Waals surface area contributed by atoms with E-state index in [2.05, 4.69) is 26.6 Å². The van der Waals surface area contributed by atoms with Crippen LogP contribution in [-0.2, 0) is 54.0 Å². The Kier molecular flexibility index (Phi) is 25.6. The molecule has 2 aromatic carbocycles. The van der Waals surface area contributed by atoms with Crippen LogP contribution in [0.15, 0.2) is 33.9 Å². The van der Waals surface area contributed by atoms with Crippen LogP contribution in [0.2, 0.25) is 5.02 Å². The summed E-state index contributed by atoms with van der Waals surface area (Å²) >= 11 is 5.88. The quantitative estimate of drug-likeness (QED) is 0.0310. The Hall–Kier alpha value is -4.53. The molecule has 1 heterocycles. The number of ether oxygens (including phenoxy) is 7. The van der Waals surface area contributed by atoms with Crippen LogP contribution >= 0.6 is 11.6 Å². The van der Waals surface area contributed by atoms with Crippen molar-refractivity contribution in [2.24, 2.45) is 0 Å². The van der Waals surface area contributed by atoms with Crippen molar-refractivity contribution in [3.63, 3.8) is 0 Å². The summed E-state index contributed by atoms with van der Waals surface area (Å²) in [6.07, 6.45) is -6.40. The molecule has 0 unspecified atom stereocenters. The molecule has 3 amide bonds. The third-order valence-corrected chi connectivity index (χ3v) is 10.3. The van der Waals surface area contributed by atoms with E-state index in [9.17, 15) is 54.3 Å². The fourth-order valence-corrected chi connectivity index (χ4v) is 6.79. The van der Waals surface area contributed by atoms with Crippen molar-refractivity contribution in [3.8, 4) is 0 Å². The number of aliphatic carboxylic acids is 1. The predicted molar refractivity (Wildman–Crippen MR) is 245 cm³/mol. The van der Waals surface area contributed by atoms with E-state index in [0.29, 0.717) is 95.6 Å². The number of carboxylic acids is 1. The lowest BCUT2D eigenvalue weighted by Gasteiger charge is -2.46. The van der Waals surface area contributed by atoms with Crippen molar-refractivity contribution in [3.05, 3.63) is 55.3 Å². The van der Waals surface area contributed by atoms with Crippen molar-refractivity contribution >= 4 is 46.9 Å². The molecule has 0 bridgehead atoms. The maximum absolute atomic E-state index is 12.6. The monoisotopic (exact) mass is 989 g/mol. The Labute approximate surface area is 399 Å². The van der Waals surface area contributed by atoms with E-state index in [1.807, 2.05) is 0 Å².